The molecule has 4 N–H and O–H groups in total. The van der Waals surface area contributed by atoms with Gasteiger partial charge in [-0.05, 0) is 11.6 Å². The van der Waals surface area contributed by atoms with Crippen LogP contribution in [0.15, 0.2) is 53.5 Å². The van der Waals surface area contributed by atoms with E-state index < -0.39 is 12.0 Å². The van der Waals surface area contributed by atoms with Crippen molar-refractivity contribution in [2.24, 2.45) is 10.8 Å². The van der Waals surface area contributed by atoms with Crippen molar-refractivity contribution in [2.45, 2.75) is 6.04 Å². The van der Waals surface area contributed by atoms with Gasteiger partial charge in [0.2, 0.25) is 0 Å². The number of carbonyl (C=O) groups is 1. The molecule has 0 bridgehead atoms. The Kier molecular flexibility index (Phi) is 3.86. The minimum Gasteiger partial charge on any atom is -0.480 e. The van der Waals surface area contributed by atoms with E-state index in [-0.39, 0.29) is 17.1 Å². The van der Waals surface area contributed by atoms with Crippen LogP contribution < -0.4 is 11.2 Å². The van der Waals surface area contributed by atoms with E-state index in [0.29, 0.717) is 11.4 Å². The maximum atomic E-state index is 11.3. The maximum absolute atomic E-state index is 11.3. The summed E-state index contributed by atoms with van der Waals surface area (Å²) in [7, 11) is 0. The second-order valence-electron chi connectivity index (χ2n) is 5.14. The third-order valence-corrected chi connectivity index (χ3v) is 3.62. The fourth-order valence-electron chi connectivity index (χ4n) is 2.59. The molecule has 1 aliphatic heterocycles. The predicted molar refractivity (Wildman–Crippen MR) is 84.9 cm³/mol. The number of nitrogens with two attached hydrogens (primary N) is 1. The van der Waals surface area contributed by atoms with Crippen LogP contribution in [-0.2, 0) is 4.79 Å². The number of hydrogen-bond acceptors (Lipinski definition) is 4. The zero-order valence-corrected chi connectivity index (χ0v) is 12.1. The molecule has 7 nitrogen and oxygen atoms in total. The molecule has 0 amide bonds. The molecule has 1 atom stereocenters. The minimum atomic E-state index is -0.966. The molecule has 0 saturated carbocycles. The summed E-state index contributed by atoms with van der Waals surface area (Å²) in [6.45, 7) is -0.218. The Labute approximate surface area is 132 Å². The first kappa shape index (κ1) is 14.9. The number of hydrogen-bond donors (Lipinski definition) is 3. The summed E-state index contributed by atoms with van der Waals surface area (Å²) in [5.41, 5.74) is 3.31. The third-order valence-electron chi connectivity index (χ3n) is 3.62. The number of rotatable bonds is 5. The van der Waals surface area contributed by atoms with Crippen LogP contribution in [0.5, 0.6) is 0 Å². The Morgan fingerprint density at radius 1 is 1.26 bits per heavy atom. The van der Waals surface area contributed by atoms with Gasteiger partial charge in [-0.15, -0.1) is 0 Å². The van der Waals surface area contributed by atoms with Crippen molar-refractivity contribution in [3.63, 3.8) is 0 Å². The van der Waals surface area contributed by atoms with E-state index in [9.17, 15) is 9.70 Å². The minimum absolute atomic E-state index is 0.218. The van der Waals surface area contributed by atoms with Crippen LogP contribution in [-0.4, -0.2) is 28.2 Å². The molecule has 0 aromatic heterocycles. The first-order valence-electron chi connectivity index (χ1n) is 7.01. The van der Waals surface area contributed by atoms with Crippen molar-refractivity contribution in [2.75, 3.05) is 6.54 Å². The molecular weight excluding hydrogens is 296 g/mol. The molecular formula is C16H15N4O3+. The van der Waals surface area contributed by atoms with Gasteiger partial charge in [-0.3, -0.25) is 15.1 Å². The summed E-state index contributed by atoms with van der Waals surface area (Å²) in [6, 6.07) is 14.0. The van der Waals surface area contributed by atoms with Gasteiger partial charge < -0.3 is 5.11 Å². The molecule has 116 valence electrons. The van der Waals surface area contributed by atoms with E-state index in [1.165, 1.54) is 0 Å². The van der Waals surface area contributed by atoms with Gasteiger partial charge in [0.05, 0.1) is 28.9 Å². The van der Waals surface area contributed by atoms with Crippen LogP contribution in [0, 0.1) is 4.91 Å². The quantitative estimate of drug-likeness (QED) is 0.443. The Morgan fingerprint density at radius 2 is 2.00 bits per heavy atom. The normalized spacial score (nSPS) is 15.8. The summed E-state index contributed by atoms with van der Waals surface area (Å²) >= 11 is 0. The van der Waals surface area contributed by atoms with Crippen molar-refractivity contribution in [1.29, 1.82) is 0 Å². The average Bonchev–Trinajstić information content (AvgIpc) is 2.91. The maximum Gasteiger partial charge on any atom is 0.317 e. The molecule has 2 aromatic rings. The Balaban J connectivity index is 2.03. The molecule has 1 heterocycles. The molecule has 1 aliphatic rings. The molecule has 2 aromatic carbocycles. The SMILES string of the molecule is N[N+](=O)c1ccc2c(c1)C(NCC(=O)O)C(c1ccccc1)=N2. The fourth-order valence-corrected chi connectivity index (χ4v) is 2.59. The standard InChI is InChI=1S/C16H14N4O3/c17-20(23)11-6-7-13-12(8-11)16(18-9-14(21)22)15(19-13)10-4-2-1-3-5-10/h1-8,16,18H,9H2,(H2-,17,21,22,23)/p+1. The van der Waals surface area contributed by atoms with Gasteiger partial charge in [0.1, 0.15) is 0 Å². The molecule has 0 spiro atoms. The zero-order chi connectivity index (χ0) is 16.4. The summed E-state index contributed by atoms with van der Waals surface area (Å²) in [5.74, 6) is 4.28. The highest BCUT2D eigenvalue weighted by atomic mass is 16.4. The molecule has 0 fully saturated rings. The van der Waals surface area contributed by atoms with Crippen molar-refractivity contribution in [3.05, 3.63) is 64.6 Å². The van der Waals surface area contributed by atoms with E-state index in [1.54, 1.807) is 18.2 Å². The molecule has 23 heavy (non-hydrogen) atoms. The number of nitroso groups, excluding NO2 is 1. The van der Waals surface area contributed by atoms with E-state index >= 15 is 0 Å². The number of fused-ring (bicyclic) bond motifs is 1. The van der Waals surface area contributed by atoms with Crippen molar-refractivity contribution >= 4 is 23.1 Å². The van der Waals surface area contributed by atoms with E-state index in [1.807, 2.05) is 30.3 Å². The van der Waals surface area contributed by atoms with Gasteiger partial charge in [-0.2, -0.15) is 5.84 Å². The monoisotopic (exact) mass is 311 g/mol. The average molecular weight is 311 g/mol. The lowest BCUT2D eigenvalue weighted by Crippen LogP contribution is -2.31. The van der Waals surface area contributed by atoms with Crippen molar-refractivity contribution < 1.29 is 14.8 Å². The van der Waals surface area contributed by atoms with Crippen LogP contribution in [0.3, 0.4) is 0 Å². The highest BCUT2D eigenvalue weighted by molar-refractivity contribution is 6.09. The second-order valence-corrected chi connectivity index (χ2v) is 5.14. The number of nitrogens with zero attached hydrogens (tertiary/aromatic N) is 2. The third kappa shape index (κ3) is 2.95. The van der Waals surface area contributed by atoms with Gasteiger partial charge in [0.15, 0.2) is 4.87 Å². The van der Waals surface area contributed by atoms with Crippen molar-refractivity contribution in [1.82, 2.24) is 5.32 Å². The number of aliphatic imine (C=N–C) groups is 1. The summed E-state index contributed by atoms with van der Waals surface area (Å²) in [6.07, 6.45) is 0. The molecule has 7 heteroatoms. The number of aliphatic carboxylic acids is 1. The predicted octanol–water partition coefficient (Wildman–Crippen LogP) is 1.82. The Morgan fingerprint density at radius 3 is 2.65 bits per heavy atom. The van der Waals surface area contributed by atoms with Gasteiger partial charge in [-0.25, -0.2) is 0 Å². The largest absolute Gasteiger partial charge is 0.480 e. The van der Waals surface area contributed by atoms with Gasteiger partial charge in [0.25, 0.3) is 5.69 Å². The van der Waals surface area contributed by atoms with Gasteiger partial charge in [0, 0.05) is 17.7 Å². The zero-order valence-electron chi connectivity index (χ0n) is 12.1. The highest BCUT2D eigenvalue weighted by Gasteiger charge is 2.30. The lowest BCUT2D eigenvalue weighted by atomic mass is 9.98. The highest BCUT2D eigenvalue weighted by Crippen LogP contribution is 2.38. The number of carboxylic acid groups (broad SMARTS) is 1. The van der Waals surface area contributed by atoms with E-state index in [2.05, 4.69) is 10.3 Å². The molecule has 0 saturated heterocycles. The van der Waals surface area contributed by atoms with Crippen molar-refractivity contribution in [3.8, 4) is 0 Å². The van der Waals surface area contributed by atoms with Crippen LogP contribution in [0.1, 0.15) is 17.2 Å². The number of benzene rings is 2. The lowest BCUT2D eigenvalue weighted by Gasteiger charge is -2.15. The first-order chi connectivity index (χ1) is 11.1. The second kappa shape index (κ2) is 5.98. The van der Waals surface area contributed by atoms with Gasteiger partial charge >= 0.3 is 5.97 Å². The van der Waals surface area contributed by atoms with Crippen LogP contribution >= 0.6 is 0 Å². The lowest BCUT2D eigenvalue weighted by molar-refractivity contribution is -0.474. The molecule has 1 unspecified atom stereocenters. The summed E-state index contributed by atoms with van der Waals surface area (Å²) < 4.78 is 0. The molecule has 3 rings (SSSR count). The summed E-state index contributed by atoms with van der Waals surface area (Å²) in [5, 5.41) is 11.9. The van der Waals surface area contributed by atoms with E-state index in [0.717, 1.165) is 11.1 Å². The molecule has 0 aliphatic carbocycles. The summed E-state index contributed by atoms with van der Waals surface area (Å²) in [4.78, 5) is 27.1. The Bertz CT molecular complexity index is 802. The van der Waals surface area contributed by atoms with Crippen LogP contribution in [0.2, 0.25) is 0 Å². The van der Waals surface area contributed by atoms with Gasteiger partial charge in [-0.1, -0.05) is 30.3 Å². The van der Waals surface area contributed by atoms with Crippen LogP contribution in [0.4, 0.5) is 11.4 Å². The van der Waals surface area contributed by atoms with Crippen LogP contribution in [0.25, 0.3) is 0 Å². The number of carboxylic acids is 1. The fraction of sp³-hybridized carbons (Fsp3) is 0.125. The molecule has 0 radical (unpaired) electrons. The number of hydrazine groups is 1. The first-order valence-corrected chi connectivity index (χ1v) is 7.01. The smallest absolute Gasteiger partial charge is 0.317 e. The van der Waals surface area contributed by atoms with E-state index in [4.69, 9.17) is 10.9 Å². The number of nitrogens with one attached hydrogen (secondary N) is 1. The topological polar surface area (TPSA) is 108 Å². The Hall–Kier alpha value is -3.06.